The van der Waals surface area contributed by atoms with Crippen molar-refractivity contribution in [1.82, 2.24) is 0 Å². The van der Waals surface area contributed by atoms with Crippen molar-refractivity contribution in [1.29, 1.82) is 0 Å². The first-order valence-electron chi connectivity index (χ1n) is 28.5. The van der Waals surface area contributed by atoms with Crippen molar-refractivity contribution in [3.63, 3.8) is 0 Å². The highest BCUT2D eigenvalue weighted by Crippen LogP contribution is 2.55. The Morgan fingerprint density at radius 2 is 0.561 bits per heavy atom. The zero-order chi connectivity index (χ0) is 54.8. The number of fused-ring (bicyclic) bond motifs is 12. The van der Waals surface area contributed by atoms with Crippen molar-refractivity contribution < 1.29 is 0 Å². The summed E-state index contributed by atoms with van der Waals surface area (Å²) in [7, 11) is 0. The summed E-state index contributed by atoms with van der Waals surface area (Å²) < 4.78 is 5.37. The van der Waals surface area contributed by atoms with Gasteiger partial charge in [0.2, 0.25) is 0 Å². The molecule has 14 aromatic rings. The molecule has 16 rings (SSSR count). The molecule has 0 bridgehead atoms. The molecule has 12 aromatic carbocycles. The maximum absolute atomic E-state index is 2.46. The lowest BCUT2D eigenvalue weighted by atomic mass is 9.81. The van der Waals surface area contributed by atoms with E-state index in [0.29, 0.717) is 0 Å². The van der Waals surface area contributed by atoms with Crippen molar-refractivity contribution in [3.05, 3.63) is 289 Å². The summed E-state index contributed by atoms with van der Waals surface area (Å²) in [6.07, 6.45) is 0. The Labute approximate surface area is 487 Å². The van der Waals surface area contributed by atoms with Crippen molar-refractivity contribution in [2.75, 3.05) is 9.80 Å². The molecule has 0 spiro atoms. The van der Waals surface area contributed by atoms with E-state index in [2.05, 4.69) is 304 Å². The molecular weight excluding hydrogens is 1030 g/mol. The molecular formula is C78H56N2S2. The summed E-state index contributed by atoms with van der Waals surface area (Å²) in [5.41, 5.74) is 24.5. The summed E-state index contributed by atoms with van der Waals surface area (Å²) >= 11 is 3.80. The number of thiophene rings is 2. The number of para-hydroxylation sites is 2. The van der Waals surface area contributed by atoms with Gasteiger partial charge < -0.3 is 9.80 Å². The number of benzene rings is 12. The van der Waals surface area contributed by atoms with E-state index in [4.69, 9.17) is 0 Å². The van der Waals surface area contributed by atoms with Crippen LogP contribution in [0.1, 0.15) is 49.9 Å². The average molecular weight is 1090 g/mol. The first-order valence-corrected chi connectivity index (χ1v) is 30.1. The molecule has 0 amide bonds. The third kappa shape index (κ3) is 7.59. The van der Waals surface area contributed by atoms with Crippen LogP contribution < -0.4 is 9.80 Å². The van der Waals surface area contributed by atoms with Gasteiger partial charge in [-0.2, -0.15) is 0 Å². The summed E-state index contributed by atoms with van der Waals surface area (Å²) in [6, 6.07) is 99.4. The van der Waals surface area contributed by atoms with Gasteiger partial charge in [-0.25, -0.2) is 0 Å². The molecule has 0 fully saturated rings. The van der Waals surface area contributed by atoms with Crippen LogP contribution in [0.15, 0.2) is 267 Å². The van der Waals surface area contributed by atoms with Crippen LogP contribution in [0.4, 0.5) is 34.1 Å². The Bertz CT molecular complexity index is 4540. The molecule has 0 unspecified atom stereocenters. The molecule has 390 valence electrons. The summed E-state index contributed by atoms with van der Waals surface area (Å²) in [5, 5.41) is 5.33. The minimum Gasteiger partial charge on any atom is -0.310 e. The van der Waals surface area contributed by atoms with Gasteiger partial charge in [-0.15, -0.1) is 22.7 Å². The van der Waals surface area contributed by atoms with E-state index in [1.165, 1.54) is 118 Å². The van der Waals surface area contributed by atoms with Crippen LogP contribution in [-0.2, 0) is 10.8 Å². The highest BCUT2D eigenvalue weighted by Gasteiger charge is 2.38. The lowest BCUT2D eigenvalue weighted by Crippen LogP contribution is -2.16. The lowest BCUT2D eigenvalue weighted by molar-refractivity contribution is 0.660. The second-order valence-corrected chi connectivity index (χ2v) is 25.3. The predicted molar refractivity (Wildman–Crippen MR) is 353 cm³/mol. The standard InChI is InChI=1S/C78H56N2S2/c1-77(2)69-45-51(59-23-15-25-67-65-21-11-13-27-73(65)81-75(59)67)33-41-61(69)63-43-39-57(47-71(63)77)79(53-17-7-5-8-18-53)55-35-29-49(30-36-55)50-31-37-56(38-32-50)80(54-19-9-6-10-20-54)58-40-44-64-62-42-34-52(46-70(62)78(3,4)72(64)48-58)60-24-16-26-68-66-22-12-14-28-74(66)82-76(60)68/h5-48H,1-4H3. The second-order valence-electron chi connectivity index (χ2n) is 23.2. The molecule has 2 aliphatic carbocycles. The molecule has 0 aliphatic heterocycles. The van der Waals surface area contributed by atoms with Gasteiger partial charge in [0.1, 0.15) is 0 Å². The molecule has 0 saturated heterocycles. The minimum atomic E-state index is -0.204. The average Bonchev–Trinajstić information content (AvgIpc) is 4.41. The van der Waals surface area contributed by atoms with Crippen molar-refractivity contribution in [3.8, 4) is 55.6 Å². The fourth-order valence-electron chi connectivity index (χ4n) is 13.7. The highest BCUT2D eigenvalue weighted by molar-refractivity contribution is 7.26. The fourth-order valence-corrected chi connectivity index (χ4v) is 16.1. The summed E-state index contributed by atoms with van der Waals surface area (Å²) in [5.74, 6) is 0. The molecule has 0 radical (unpaired) electrons. The van der Waals surface area contributed by atoms with Crippen LogP contribution in [0.3, 0.4) is 0 Å². The van der Waals surface area contributed by atoms with Gasteiger partial charge in [0.05, 0.1) is 0 Å². The van der Waals surface area contributed by atoms with Gasteiger partial charge in [-0.3, -0.25) is 0 Å². The van der Waals surface area contributed by atoms with Crippen molar-refractivity contribution in [2.24, 2.45) is 0 Å². The monoisotopic (exact) mass is 1080 g/mol. The van der Waals surface area contributed by atoms with Crippen molar-refractivity contribution >= 4 is 97.1 Å². The molecule has 0 saturated carbocycles. The highest BCUT2D eigenvalue weighted by atomic mass is 32.1. The molecule has 82 heavy (non-hydrogen) atoms. The zero-order valence-corrected chi connectivity index (χ0v) is 47.7. The number of hydrogen-bond acceptors (Lipinski definition) is 4. The van der Waals surface area contributed by atoms with Gasteiger partial charge in [0, 0.05) is 85.3 Å². The molecule has 2 aliphatic rings. The molecule has 0 N–H and O–H groups in total. The lowest BCUT2D eigenvalue weighted by Gasteiger charge is -2.28. The quantitative estimate of drug-likeness (QED) is 0.142. The van der Waals surface area contributed by atoms with Crippen molar-refractivity contribution in [2.45, 2.75) is 38.5 Å². The molecule has 0 atom stereocenters. The van der Waals surface area contributed by atoms with Crippen LogP contribution in [0, 0.1) is 0 Å². The van der Waals surface area contributed by atoms with Gasteiger partial charge in [0.15, 0.2) is 0 Å². The Kier molecular flexibility index (Phi) is 11.0. The number of nitrogens with zero attached hydrogens (tertiary/aromatic N) is 2. The van der Waals surface area contributed by atoms with E-state index >= 15 is 0 Å². The Morgan fingerprint density at radius 1 is 0.244 bits per heavy atom. The van der Waals surface area contributed by atoms with Gasteiger partial charge in [0.25, 0.3) is 0 Å². The number of anilines is 6. The van der Waals surface area contributed by atoms with Crippen LogP contribution >= 0.6 is 22.7 Å². The third-order valence-electron chi connectivity index (χ3n) is 17.9. The van der Waals surface area contributed by atoms with Gasteiger partial charge in [-0.05, 0) is 175 Å². The van der Waals surface area contributed by atoms with Crippen LogP contribution in [0.25, 0.3) is 96.0 Å². The summed E-state index contributed by atoms with van der Waals surface area (Å²) in [4.78, 5) is 4.81. The number of hydrogen-bond donors (Lipinski definition) is 0. The second kappa shape index (κ2) is 18.6. The van der Waals surface area contributed by atoms with Gasteiger partial charge in [-0.1, -0.05) is 198 Å². The zero-order valence-electron chi connectivity index (χ0n) is 46.1. The van der Waals surface area contributed by atoms with E-state index in [1.807, 2.05) is 22.7 Å². The Balaban J connectivity index is 0.697. The molecule has 2 nitrogen and oxygen atoms in total. The van der Waals surface area contributed by atoms with E-state index in [0.717, 1.165) is 34.1 Å². The minimum absolute atomic E-state index is 0.204. The normalized spacial score (nSPS) is 13.6. The van der Waals surface area contributed by atoms with E-state index in [1.54, 1.807) is 0 Å². The smallest absolute Gasteiger partial charge is 0.0465 e. The summed E-state index contributed by atoms with van der Waals surface area (Å²) in [6.45, 7) is 9.58. The van der Waals surface area contributed by atoms with Crippen LogP contribution in [0.5, 0.6) is 0 Å². The first-order chi connectivity index (χ1) is 40.2. The van der Waals surface area contributed by atoms with Crippen LogP contribution in [0.2, 0.25) is 0 Å². The number of rotatable bonds is 9. The third-order valence-corrected chi connectivity index (χ3v) is 20.3. The van der Waals surface area contributed by atoms with Gasteiger partial charge >= 0.3 is 0 Å². The Morgan fingerprint density at radius 3 is 0.976 bits per heavy atom. The topological polar surface area (TPSA) is 6.48 Å². The largest absolute Gasteiger partial charge is 0.310 e. The first kappa shape index (κ1) is 48.6. The Hall–Kier alpha value is -9.32. The molecule has 2 heterocycles. The molecule has 2 aromatic heterocycles. The fraction of sp³-hybridized carbons (Fsp3) is 0.0769. The molecule has 4 heteroatoms. The van der Waals surface area contributed by atoms with E-state index in [9.17, 15) is 0 Å². The maximum atomic E-state index is 2.46. The van der Waals surface area contributed by atoms with Crippen LogP contribution in [-0.4, -0.2) is 0 Å². The predicted octanol–water partition coefficient (Wildman–Crippen LogP) is 23.0. The van der Waals surface area contributed by atoms with E-state index in [-0.39, 0.29) is 10.8 Å². The maximum Gasteiger partial charge on any atom is 0.0465 e. The van der Waals surface area contributed by atoms with E-state index < -0.39 is 0 Å². The SMILES string of the molecule is CC1(C)c2cc(-c3cccc4c3sc3ccccc34)ccc2-c2ccc(N(c3ccccc3)c3ccc(-c4ccc(N(c5ccccc5)c5ccc6c(c5)C(C)(C)c5cc(-c7cccc8c7sc7ccccc78)ccc5-6)cc4)cc3)cc21.